The molecule has 5 heteroatoms. The third-order valence-corrected chi connectivity index (χ3v) is 3.98. The van der Waals surface area contributed by atoms with Crippen LogP contribution in [0.1, 0.15) is 32.3 Å². The molecule has 0 saturated carbocycles. The summed E-state index contributed by atoms with van der Waals surface area (Å²) in [6.07, 6.45) is 1.05. The molecule has 21 heavy (non-hydrogen) atoms. The Kier molecular flexibility index (Phi) is 4.31. The summed E-state index contributed by atoms with van der Waals surface area (Å²) in [7, 11) is 0. The summed E-state index contributed by atoms with van der Waals surface area (Å²) in [4.78, 5) is 12.3. The van der Waals surface area contributed by atoms with E-state index in [2.05, 4.69) is 11.4 Å². The summed E-state index contributed by atoms with van der Waals surface area (Å²) in [6.45, 7) is 4.74. The van der Waals surface area contributed by atoms with Gasteiger partial charge in [-0.25, -0.2) is 0 Å². The molecule has 0 aliphatic carbocycles. The molecule has 1 aliphatic rings. The summed E-state index contributed by atoms with van der Waals surface area (Å²) in [6, 6.07) is 9.56. The molecule has 1 heterocycles. The lowest BCUT2D eigenvalue weighted by Crippen LogP contribution is -2.54. The lowest BCUT2D eigenvalue weighted by atomic mass is 9.86. The molecule has 0 aromatic heterocycles. The number of nitriles is 1. The van der Waals surface area contributed by atoms with Crippen molar-refractivity contribution in [2.24, 2.45) is 5.73 Å². The van der Waals surface area contributed by atoms with E-state index in [1.165, 1.54) is 0 Å². The molecule has 0 unspecified atom stereocenters. The molecular weight excluding hydrogens is 266 g/mol. The van der Waals surface area contributed by atoms with Gasteiger partial charge in [-0.3, -0.25) is 4.79 Å². The fourth-order valence-corrected chi connectivity index (χ4v) is 2.25. The van der Waals surface area contributed by atoms with E-state index in [0.717, 1.165) is 5.56 Å². The van der Waals surface area contributed by atoms with E-state index >= 15 is 0 Å². The first-order valence-electron chi connectivity index (χ1n) is 7.07. The number of nitrogens with zero attached hydrogens (tertiary/aromatic N) is 1. The highest BCUT2D eigenvalue weighted by atomic mass is 16.5. The van der Waals surface area contributed by atoms with Crippen molar-refractivity contribution in [2.45, 2.75) is 37.6 Å². The van der Waals surface area contributed by atoms with Gasteiger partial charge in [0.1, 0.15) is 5.54 Å². The van der Waals surface area contributed by atoms with E-state index in [-0.39, 0.29) is 5.91 Å². The third-order valence-electron chi connectivity index (χ3n) is 3.98. The number of nitrogens with two attached hydrogens (primary N) is 1. The first kappa shape index (κ1) is 15.5. The number of ether oxygens (including phenoxy) is 1. The number of amides is 1. The van der Waals surface area contributed by atoms with Crippen LogP contribution in [-0.2, 0) is 14.9 Å². The van der Waals surface area contributed by atoms with Gasteiger partial charge in [0.25, 0.3) is 0 Å². The minimum Gasteiger partial charge on any atom is -0.381 e. The molecule has 112 valence electrons. The average Bonchev–Trinajstić information content (AvgIpc) is 2.48. The Balaban J connectivity index is 2.07. The van der Waals surface area contributed by atoms with E-state index in [9.17, 15) is 4.79 Å². The largest absolute Gasteiger partial charge is 0.381 e. The minimum absolute atomic E-state index is 0.182. The molecule has 2 rings (SSSR count). The van der Waals surface area contributed by atoms with Gasteiger partial charge in [-0.2, -0.15) is 5.26 Å². The molecule has 1 amide bonds. The molecule has 1 saturated heterocycles. The second kappa shape index (κ2) is 5.84. The molecule has 5 nitrogen and oxygen atoms in total. The number of carbonyl (C=O) groups is 1. The number of nitrogens with one attached hydrogen (secondary N) is 1. The lowest BCUT2D eigenvalue weighted by molar-refractivity contribution is -0.124. The van der Waals surface area contributed by atoms with E-state index < -0.39 is 11.0 Å². The van der Waals surface area contributed by atoms with Gasteiger partial charge in [0.2, 0.25) is 5.91 Å². The Morgan fingerprint density at radius 1 is 1.33 bits per heavy atom. The summed E-state index contributed by atoms with van der Waals surface area (Å²) in [5.74, 6) is -0.182. The monoisotopic (exact) mass is 287 g/mol. The summed E-state index contributed by atoms with van der Waals surface area (Å²) in [5.41, 5.74) is 6.34. The summed E-state index contributed by atoms with van der Waals surface area (Å²) < 4.78 is 5.24. The highest BCUT2D eigenvalue weighted by Gasteiger charge is 2.35. The fraction of sp³-hybridized carbons (Fsp3) is 0.500. The SMILES string of the molecule is CC(C)(C#N)c1ccc(NC(=O)C2(N)CCOCC2)cc1. The maximum absolute atomic E-state index is 12.3. The zero-order chi connectivity index (χ0) is 15.5. The number of benzene rings is 1. The smallest absolute Gasteiger partial charge is 0.244 e. The van der Waals surface area contributed by atoms with Crippen molar-refractivity contribution < 1.29 is 9.53 Å². The first-order chi connectivity index (χ1) is 9.87. The van der Waals surface area contributed by atoms with Crippen molar-refractivity contribution in [1.82, 2.24) is 0 Å². The highest BCUT2D eigenvalue weighted by molar-refractivity contribution is 5.98. The fourth-order valence-electron chi connectivity index (χ4n) is 2.25. The zero-order valence-electron chi connectivity index (χ0n) is 12.5. The third kappa shape index (κ3) is 3.41. The Bertz CT molecular complexity index is 552. The zero-order valence-corrected chi connectivity index (χ0v) is 12.5. The molecule has 1 aromatic carbocycles. The van der Waals surface area contributed by atoms with Crippen LogP contribution in [0.2, 0.25) is 0 Å². The molecule has 0 spiro atoms. The van der Waals surface area contributed by atoms with Gasteiger partial charge in [-0.05, 0) is 44.4 Å². The van der Waals surface area contributed by atoms with Crippen molar-refractivity contribution in [2.75, 3.05) is 18.5 Å². The molecule has 0 atom stereocenters. The van der Waals surface area contributed by atoms with Crippen LogP contribution in [0.4, 0.5) is 5.69 Å². The first-order valence-corrected chi connectivity index (χ1v) is 7.07. The van der Waals surface area contributed by atoms with Gasteiger partial charge in [0.15, 0.2) is 0 Å². The quantitative estimate of drug-likeness (QED) is 0.889. The summed E-state index contributed by atoms with van der Waals surface area (Å²) >= 11 is 0. The van der Waals surface area contributed by atoms with Crippen LogP contribution >= 0.6 is 0 Å². The van der Waals surface area contributed by atoms with Crippen LogP contribution < -0.4 is 11.1 Å². The second-order valence-corrected chi connectivity index (χ2v) is 6.04. The molecule has 0 bridgehead atoms. The lowest BCUT2D eigenvalue weighted by Gasteiger charge is -2.31. The van der Waals surface area contributed by atoms with E-state index in [0.29, 0.717) is 31.7 Å². The van der Waals surface area contributed by atoms with Crippen LogP contribution in [0.25, 0.3) is 0 Å². The standard InChI is InChI=1S/C16H21N3O2/c1-15(2,11-17)12-3-5-13(6-4-12)19-14(20)16(18)7-9-21-10-8-16/h3-6H,7-10,18H2,1-2H3,(H,19,20). The van der Waals surface area contributed by atoms with Gasteiger partial charge in [0, 0.05) is 18.9 Å². The Morgan fingerprint density at radius 3 is 2.43 bits per heavy atom. The van der Waals surface area contributed by atoms with Gasteiger partial charge in [0.05, 0.1) is 11.5 Å². The predicted octanol–water partition coefficient (Wildman–Crippen LogP) is 1.93. The average molecular weight is 287 g/mol. The molecule has 0 radical (unpaired) electrons. The maximum atomic E-state index is 12.3. The number of rotatable bonds is 3. The number of carbonyl (C=O) groups excluding carboxylic acids is 1. The van der Waals surface area contributed by atoms with Crippen LogP contribution in [-0.4, -0.2) is 24.7 Å². The van der Waals surface area contributed by atoms with Crippen molar-refractivity contribution >= 4 is 11.6 Å². The van der Waals surface area contributed by atoms with E-state index in [4.69, 9.17) is 15.7 Å². The molecule has 1 fully saturated rings. The van der Waals surface area contributed by atoms with Crippen molar-refractivity contribution in [3.63, 3.8) is 0 Å². The van der Waals surface area contributed by atoms with E-state index in [1.807, 2.05) is 26.0 Å². The summed E-state index contributed by atoms with van der Waals surface area (Å²) in [5, 5.41) is 12.0. The highest BCUT2D eigenvalue weighted by Crippen LogP contribution is 2.25. The van der Waals surface area contributed by atoms with Gasteiger partial charge < -0.3 is 15.8 Å². The van der Waals surface area contributed by atoms with Crippen LogP contribution in [0.15, 0.2) is 24.3 Å². The number of hydrogen-bond acceptors (Lipinski definition) is 4. The van der Waals surface area contributed by atoms with Crippen molar-refractivity contribution in [1.29, 1.82) is 5.26 Å². The predicted molar refractivity (Wildman–Crippen MR) is 80.7 cm³/mol. The van der Waals surface area contributed by atoms with Crippen LogP contribution in [0.5, 0.6) is 0 Å². The van der Waals surface area contributed by atoms with Gasteiger partial charge in [-0.1, -0.05) is 12.1 Å². The topological polar surface area (TPSA) is 88.1 Å². The second-order valence-electron chi connectivity index (χ2n) is 6.04. The van der Waals surface area contributed by atoms with Crippen molar-refractivity contribution in [3.8, 4) is 6.07 Å². The van der Waals surface area contributed by atoms with Gasteiger partial charge >= 0.3 is 0 Å². The molecule has 1 aromatic rings. The Hall–Kier alpha value is -1.90. The van der Waals surface area contributed by atoms with Gasteiger partial charge in [-0.15, -0.1) is 0 Å². The molecule has 1 aliphatic heterocycles. The molecular formula is C16H21N3O2. The molecule has 3 N–H and O–H groups in total. The number of hydrogen-bond donors (Lipinski definition) is 2. The maximum Gasteiger partial charge on any atom is 0.244 e. The van der Waals surface area contributed by atoms with E-state index in [1.54, 1.807) is 12.1 Å². The van der Waals surface area contributed by atoms with Crippen LogP contribution in [0.3, 0.4) is 0 Å². The van der Waals surface area contributed by atoms with Crippen LogP contribution in [0, 0.1) is 11.3 Å². The Morgan fingerprint density at radius 2 is 1.90 bits per heavy atom. The number of anilines is 1. The van der Waals surface area contributed by atoms with Crippen molar-refractivity contribution in [3.05, 3.63) is 29.8 Å². The normalized spacial score (nSPS) is 17.8. The Labute approximate surface area is 125 Å². The minimum atomic E-state index is -0.858.